The fourth-order valence-electron chi connectivity index (χ4n) is 1.46. The standard InChI is InChI=1S/C12H17BrFNO/c1-8(7-16-3)6-15-12-5-10(13)11(14)4-9(12)2/h4-5,8,15H,6-7H2,1-3H3. The van der Waals surface area contributed by atoms with E-state index in [1.54, 1.807) is 13.2 Å². The Kier molecular flexibility index (Phi) is 5.22. The summed E-state index contributed by atoms with van der Waals surface area (Å²) in [6.45, 7) is 5.52. The van der Waals surface area contributed by atoms with Gasteiger partial charge in [-0.15, -0.1) is 0 Å². The van der Waals surface area contributed by atoms with Gasteiger partial charge in [0, 0.05) is 19.3 Å². The van der Waals surface area contributed by atoms with E-state index in [1.807, 2.05) is 6.92 Å². The molecule has 0 spiro atoms. The Labute approximate surface area is 104 Å². The third-order valence-electron chi connectivity index (χ3n) is 2.36. The van der Waals surface area contributed by atoms with Crippen LogP contribution in [0.2, 0.25) is 0 Å². The Morgan fingerprint density at radius 1 is 1.50 bits per heavy atom. The van der Waals surface area contributed by atoms with Crippen molar-refractivity contribution in [1.29, 1.82) is 0 Å². The van der Waals surface area contributed by atoms with Crippen LogP contribution < -0.4 is 5.32 Å². The normalized spacial score (nSPS) is 12.6. The first-order chi connectivity index (χ1) is 7.54. The van der Waals surface area contributed by atoms with Gasteiger partial charge in [0.1, 0.15) is 5.82 Å². The molecule has 0 aliphatic rings. The number of benzene rings is 1. The molecular formula is C12H17BrFNO. The van der Waals surface area contributed by atoms with E-state index >= 15 is 0 Å². The molecule has 0 saturated heterocycles. The highest BCUT2D eigenvalue weighted by Crippen LogP contribution is 2.24. The van der Waals surface area contributed by atoms with Gasteiger partial charge in [0.2, 0.25) is 0 Å². The van der Waals surface area contributed by atoms with E-state index in [4.69, 9.17) is 4.74 Å². The Hall–Kier alpha value is -0.610. The van der Waals surface area contributed by atoms with Crippen molar-refractivity contribution >= 4 is 21.6 Å². The fraction of sp³-hybridized carbons (Fsp3) is 0.500. The van der Waals surface area contributed by atoms with E-state index in [-0.39, 0.29) is 5.82 Å². The van der Waals surface area contributed by atoms with Gasteiger partial charge in [-0.3, -0.25) is 0 Å². The molecule has 0 fully saturated rings. The number of hydrogen-bond donors (Lipinski definition) is 1. The van der Waals surface area contributed by atoms with Gasteiger partial charge in [-0.1, -0.05) is 6.92 Å². The quantitative estimate of drug-likeness (QED) is 0.894. The SMILES string of the molecule is COCC(C)CNc1cc(Br)c(F)cc1C. The lowest BCUT2D eigenvalue weighted by atomic mass is 10.1. The maximum Gasteiger partial charge on any atom is 0.137 e. The molecule has 4 heteroatoms. The zero-order valence-electron chi connectivity index (χ0n) is 9.81. The van der Waals surface area contributed by atoms with Crippen molar-refractivity contribution < 1.29 is 9.13 Å². The molecule has 1 aromatic carbocycles. The Balaban J connectivity index is 2.63. The van der Waals surface area contributed by atoms with Gasteiger partial charge in [-0.05, 0) is 46.5 Å². The number of nitrogens with one attached hydrogen (secondary N) is 1. The maximum atomic E-state index is 13.2. The van der Waals surface area contributed by atoms with Crippen LogP contribution in [0.25, 0.3) is 0 Å². The third kappa shape index (κ3) is 3.76. The minimum absolute atomic E-state index is 0.229. The van der Waals surface area contributed by atoms with Crippen LogP contribution in [-0.2, 0) is 4.74 Å². The van der Waals surface area contributed by atoms with Crippen LogP contribution in [0, 0.1) is 18.7 Å². The molecule has 0 aliphatic carbocycles. The summed E-state index contributed by atoms with van der Waals surface area (Å²) in [4.78, 5) is 0. The number of anilines is 1. The molecule has 1 N–H and O–H groups in total. The summed E-state index contributed by atoms with van der Waals surface area (Å²) < 4.78 is 18.7. The zero-order chi connectivity index (χ0) is 12.1. The molecule has 0 saturated carbocycles. The Bertz CT molecular complexity index is 357. The number of ether oxygens (including phenoxy) is 1. The summed E-state index contributed by atoms with van der Waals surface area (Å²) in [5.41, 5.74) is 1.86. The summed E-state index contributed by atoms with van der Waals surface area (Å²) in [5.74, 6) is 0.196. The number of hydrogen-bond acceptors (Lipinski definition) is 2. The van der Waals surface area contributed by atoms with Crippen molar-refractivity contribution in [3.63, 3.8) is 0 Å². The number of methoxy groups -OCH3 is 1. The summed E-state index contributed by atoms with van der Waals surface area (Å²) in [6.07, 6.45) is 0. The van der Waals surface area contributed by atoms with Crippen LogP contribution in [0.1, 0.15) is 12.5 Å². The molecule has 0 aromatic heterocycles. The molecule has 1 aromatic rings. The molecule has 16 heavy (non-hydrogen) atoms. The third-order valence-corrected chi connectivity index (χ3v) is 2.97. The van der Waals surface area contributed by atoms with Gasteiger partial charge in [0.15, 0.2) is 0 Å². The van der Waals surface area contributed by atoms with E-state index in [0.29, 0.717) is 17.0 Å². The monoisotopic (exact) mass is 289 g/mol. The van der Waals surface area contributed by atoms with Gasteiger partial charge in [0.25, 0.3) is 0 Å². The molecule has 0 aliphatic heterocycles. The van der Waals surface area contributed by atoms with Crippen molar-refractivity contribution in [2.45, 2.75) is 13.8 Å². The average Bonchev–Trinajstić information content (AvgIpc) is 2.22. The van der Waals surface area contributed by atoms with Crippen LogP contribution in [0.5, 0.6) is 0 Å². The molecule has 0 radical (unpaired) electrons. The van der Waals surface area contributed by atoms with Gasteiger partial charge in [-0.2, -0.15) is 0 Å². The lowest BCUT2D eigenvalue weighted by molar-refractivity contribution is 0.164. The van der Waals surface area contributed by atoms with Crippen LogP contribution in [-0.4, -0.2) is 20.3 Å². The first kappa shape index (κ1) is 13.5. The molecule has 1 rings (SSSR count). The molecule has 1 unspecified atom stereocenters. The van der Waals surface area contributed by atoms with E-state index in [2.05, 4.69) is 28.2 Å². The molecule has 1 atom stereocenters. The number of halogens is 2. The lowest BCUT2D eigenvalue weighted by Crippen LogP contribution is -2.16. The van der Waals surface area contributed by atoms with Crippen molar-refractivity contribution in [3.8, 4) is 0 Å². The highest BCUT2D eigenvalue weighted by atomic mass is 79.9. The Morgan fingerprint density at radius 2 is 2.19 bits per heavy atom. The smallest absolute Gasteiger partial charge is 0.137 e. The van der Waals surface area contributed by atoms with E-state index in [0.717, 1.165) is 17.8 Å². The van der Waals surface area contributed by atoms with Crippen LogP contribution in [0.15, 0.2) is 16.6 Å². The van der Waals surface area contributed by atoms with Crippen LogP contribution in [0.4, 0.5) is 10.1 Å². The molecular weight excluding hydrogens is 273 g/mol. The first-order valence-electron chi connectivity index (χ1n) is 5.23. The Morgan fingerprint density at radius 3 is 2.81 bits per heavy atom. The second-order valence-electron chi connectivity index (χ2n) is 4.02. The minimum atomic E-state index is -0.229. The number of rotatable bonds is 5. The highest BCUT2D eigenvalue weighted by Gasteiger charge is 2.06. The van der Waals surface area contributed by atoms with Crippen LogP contribution in [0.3, 0.4) is 0 Å². The first-order valence-corrected chi connectivity index (χ1v) is 6.02. The largest absolute Gasteiger partial charge is 0.384 e. The van der Waals surface area contributed by atoms with E-state index in [9.17, 15) is 4.39 Å². The van der Waals surface area contributed by atoms with Crippen molar-refractivity contribution in [3.05, 3.63) is 28.0 Å². The van der Waals surface area contributed by atoms with Crippen molar-refractivity contribution in [1.82, 2.24) is 0 Å². The predicted octanol–water partition coefficient (Wildman–Crippen LogP) is 3.59. The predicted molar refractivity (Wildman–Crippen MR) is 68.4 cm³/mol. The summed E-state index contributed by atoms with van der Waals surface area (Å²) in [6, 6.07) is 3.29. The maximum absolute atomic E-state index is 13.2. The molecule has 90 valence electrons. The second kappa shape index (κ2) is 6.21. The molecule has 2 nitrogen and oxygen atoms in total. The van der Waals surface area contributed by atoms with Crippen molar-refractivity contribution in [2.24, 2.45) is 5.92 Å². The number of aryl methyl sites for hydroxylation is 1. The minimum Gasteiger partial charge on any atom is -0.384 e. The topological polar surface area (TPSA) is 21.3 Å². The average molecular weight is 290 g/mol. The fourth-order valence-corrected chi connectivity index (χ4v) is 1.81. The summed E-state index contributed by atoms with van der Waals surface area (Å²) >= 11 is 3.18. The highest BCUT2D eigenvalue weighted by molar-refractivity contribution is 9.10. The van der Waals surface area contributed by atoms with E-state index < -0.39 is 0 Å². The van der Waals surface area contributed by atoms with Gasteiger partial charge >= 0.3 is 0 Å². The van der Waals surface area contributed by atoms with Crippen molar-refractivity contribution in [2.75, 3.05) is 25.6 Å². The summed E-state index contributed by atoms with van der Waals surface area (Å²) in [5, 5.41) is 3.29. The zero-order valence-corrected chi connectivity index (χ0v) is 11.4. The van der Waals surface area contributed by atoms with Gasteiger partial charge in [0.05, 0.1) is 11.1 Å². The van der Waals surface area contributed by atoms with E-state index in [1.165, 1.54) is 6.07 Å². The second-order valence-corrected chi connectivity index (χ2v) is 4.88. The lowest BCUT2D eigenvalue weighted by Gasteiger charge is -2.14. The van der Waals surface area contributed by atoms with Gasteiger partial charge < -0.3 is 10.1 Å². The molecule has 0 bridgehead atoms. The molecule has 0 heterocycles. The molecule has 0 amide bonds. The van der Waals surface area contributed by atoms with Gasteiger partial charge in [-0.25, -0.2) is 4.39 Å². The van der Waals surface area contributed by atoms with Crippen LogP contribution >= 0.6 is 15.9 Å². The summed E-state index contributed by atoms with van der Waals surface area (Å²) in [7, 11) is 1.69.